The van der Waals surface area contributed by atoms with Crippen LogP contribution in [0, 0.1) is 0 Å². The van der Waals surface area contributed by atoms with E-state index in [-0.39, 0.29) is 18.9 Å². The molecule has 3 aromatic rings. The number of anilines is 2. The zero-order chi connectivity index (χ0) is 22.9. The van der Waals surface area contributed by atoms with Crippen LogP contribution < -0.4 is 15.5 Å². The van der Waals surface area contributed by atoms with E-state index in [1.54, 1.807) is 6.07 Å². The summed E-state index contributed by atoms with van der Waals surface area (Å²) >= 11 is 0. The van der Waals surface area contributed by atoms with Gasteiger partial charge in [0.1, 0.15) is 0 Å². The Labute approximate surface area is 191 Å². The molecule has 1 atom stereocenters. The van der Waals surface area contributed by atoms with E-state index in [1.165, 1.54) is 0 Å². The average molecular weight is 444 g/mol. The van der Waals surface area contributed by atoms with Crippen LogP contribution in [-0.2, 0) is 27.2 Å². The van der Waals surface area contributed by atoms with Gasteiger partial charge in [0.15, 0.2) is 0 Å². The number of carbonyl (C=O) groups is 3. The molecular weight excluding hydrogens is 418 g/mol. The van der Waals surface area contributed by atoms with Gasteiger partial charge in [-0.05, 0) is 58.9 Å². The highest BCUT2D eigenvalue weighted by Gasteiger charge is 2.32. The standard InChI is InChI=1S/C26H25N3O4/c30-22(21-9-3-6-16-5-1-2-8-20(16)21)10-11-27-25(32)26(33)28-19-13-17-7-4-12-29-23(31)15-18(14-19)24(17)29/h1-3,5-6,8-9,13-14,22,30H,4,7,10-12,15H2,(H,27,32)(H,28,33). The van der Waals surface area contributed by atoms with Crippen LogP contribution in [0.1, 0.15) is 35.6 Å². The maximum absolute atomic E-state index is 12.4. The molecule has 168 valence electrons. The lowest BCUT2D eigenvalue weighted by Crippen LogP contribution is -2.36. The summed E-state index contributed by atoms with van der Waals surface area (Å²) < 4.78 is 0. The van der Waals surface area contributed by atoms with Gasteiger partial charge in [-0.2, -0.15) is 0 Å². The van der Waals surface area contributed by atoms with Gasteiger partial charge in [0.2, 0.25) is 5.91 Å². The molecule has 3 aromatic carbocycles. The van der Waals surface area contributed by atoms with E-state index < -0.39 is 17.9 Å². The molecule has 3 N–H and O–H groups in total. The first-order valence-corrected chi connectivity index (χ1v) is 11.2. The topological polar surface area (TPSA) is 98.7 Å². The van der Waals surface area contributed by atoms with E-state index in [0.717, 1.165) is 52.5 Å². The van der Waals surface area contributed by atoms with E-state index >= 15 is 0 Å². The molecule has 0 fully saturated rings. The highest BCUT2D eigenvalue weighted by Crippen LogP contribution is 2.38. The Bertz CT molecular complexity index is 1260. The van der Waals surface area contributed by atoms with Crippen LogP contribution in [-0.4, -0.2) is 35.9 Å². The Hall–Kier alpha value is -3.71. The number of nitrogens with one attached hydrogen (secondary N) is 2. The summed E-state index contributed by atoms with van der Waals surface area (Å²) in [6, 6.07) is 17.2. The van der Waals surface area contributed by atoms with Crippen molar-refractivity contribution in [1.29, 1.82) is 0 Å². The predicted molar refractivity (Wildman–Crippen MR) is 126 cm³/mol. The summed E-state index contributed by atoms with van der Waals surface area (Å²) in [6.07, 6.45) is 1.58. The minimum Gasteiger partial charge on any atom is -0.388 e. The first-order valence-electron chi connectivity index (χ1n) is 11.2. The third kappa shape index (κ3) is 4.07. The van der Waals surface area contributed by atoms with Crippen LogP contribution in [0.2, 0.25) is 0 Å². The third-order valence-corrected chi connectivity index (χ3v) is 6.36. The van der Waals surface area contributed by atoms with Crippen molar-refractivity contribution < 1.29 is 19.5 Å². The number of aliphatic hydroxyl groups is 1. The number of hydrogen-bond acceptors (Lipinski definition) is 4. The zero-order valence-electron chi connectivity index (χ0n) is 18.1. The van der Waals surface area contributed by atoms with Gasteiger partial charge in [-0.25, -0.2) is 0 Å². The summed E-state index contributed by atoms with van der Waals surface area (Å²) in [5.74, 6) is -1.44. The Morgan fingerprint density at radius 2 is 1.82 bits per heavy atom. The Kier molecular flexibility index (Phi) is 5.56. The first-order chi connectivity index (χ1) is 16.0. The van der Waals surface area contributed by atoms with Gasteiger partial charge < -0.3 is 20.6 Å². The van der Waals surface area contributed by atoms with Crippen molar-refractivity contribution >= 4 is 39.9 Å². The van der Waals surface area contributed by atoms with E-state index in [0.29, 0.717) is 12.1 Å². The second-order valence-electron chi connectivity index (χ2n) is 8.55. The monoisotopic (exact) mass is 443 g/mol. The number of rotatable bonds is 5. The molecule has 2 aliphatic heterocycles. The fourth-order valence-corrected chi connectivity index (χ4v) is 4.84. The molecule has 2 aliphatic rings. The molecule has 0 spiro atoms. The summed E-state index contributed by atoms with van der Waals surface area (Å²) in [4.78, 5) is 38.7. The molecule has 0 saturated heterocycles. The van der Waals surface area contributed by atoms with Gasteiger partial charge in [-0.15, -0.1) is 0 Å². The number of benzene rings is 3. The first kappa shape index (κ1) is 21.2. The zero-order valence-corrected chi connectivity index (χ0v) is 18.1. The van der Waals surface area contributed by atoms with Gasteiger partial charge in [0, 0.05) is 18.8 Å². The molecule has 0 radical (unpaired) electrons. The summed E-state index contributed by atoms with van der Waals surface area (Å²) in [5, 5.41) is 17.9. The average Bonchev–Trinajstić information content (AvgIpc) is 3.15. The number of hydrogen-bond donors (Lipinski definition) is 3. The molecule has 5 rings (SSSR count). The van der Waals surface area contributed by atoms with Gasteiger partial charge >= 0.3 is 11.8 Å². The van der Waals surface area contributed by atoms with Crippen LogP contribution >= 0.6 is 0 Å². The van der Waals surface area contributed by atoms with Crippen LogP contribution in [0.4, 0.5) is 11.4 Å². The quantitative estimate of drug-likeness (QED) is 0.528. The molecule has 0 bridgehead atoms. The smallest absolute Gasteiger partial charge is 0.313 e. The van der Waals surface area contributed by atoms with Crippen LogP contribution in [0.15, 0.2) is 54.6 Å². The molecule has 0 saturated carbocycles. The van der Waals surface area contributed by atoms with Crippen molar-refractivity contribution in [3.63, 3.8) is 0 Å². The lowest BCUT2D eigenvalue weighted by Gasteiger charge is -2.26. The van der Waals surface area contributed by atoms with E-state index in [9.17, 15) is 19.5 Å². The maximum atomic E-state index is 12.4. The molecule has 7 nitrogen and oxygen atoms in total. The summed E-state index contributed by atoms with van der Waals surface area (Å²) in [7, 11) is 0. The van der Waals surface area contributed by atoms with Gasteiger partial charge in [0.05, 0.1) is 18.2 Å². The van der Waals surface area contributed by atoms with E-state index in [4.69, 9.17) is 0 Å². The third-order valence-electron chi connectivity index (χ3n) is 6.36. The Morgan fingerprint density at radius 3 is 2.70 bits per heavy atom. The molecule has 7 heteroatoms. The number of fused-ring (bicyclic) bond motifs is 1. The van der Waals surface area contributed by atoms with Crippen LogP contribution in [0.3, 0.4) is 0 Å². The van der Waals surface area contributed by atoms with Crippen molar-refractivity contribution in [2.24, 2.45) is 0 Å². The van der Waals surface area contributed by atoms with Crippen molar-refractivity contribution in [2.45, 2.75) is 31.8 Å². The second-order valence-corrected chi connectivity index (χ2v) is 8.55. The Morgan fingerprint density at radius 1 is 1.03 bits per heavy atom. The molecule has 33 heavy (non-hydrogen) atoms. The summed E-state index contributed by atoms with van der Waals surface area (Å²) in [5.41, 5.74) is 4.21. The fraction of sp³-hybridized carbons (Fsp3) is 0.269. The predicted octanol–water partition coefficient (Wildman–Crippen LogP) is 2.85. The maximum Gasteiger partial charge on any atom is 0.313 e. The SMILES string of the molecule is O=C(NCCC(O)c1cccc2ccccc12)C(=O)Nc1cc2c3c(c1)CC(=O)N3CCC2. The molecule has 1 unspecified atom stereocenters. The highest BCUT2D eigenvalue weighted by molar-refractivity contribution is 6.39. The number of nitrogens with zero attached hydrogens (tertiary/aromatic N) is 1. The lowest BCUT2D eigenvalue weighted by atomic mass is 9.99. The number of amides is 3. The largest absolute Gasteiger partial charge is 0.388 e. The van der Waals surface area contributed by atoms with E-state index in [2.05, 4.69) is 10.6 Å². The molecule has 2 heterocycles. The lowest BCUT2D eigenvalue weighted by molar-refractivity contribution is -0.136. The molecular formula is C26H25N3O4. The second kappa shape index (κ2) is 8.67. The highest BCUT2D eigenvalue weighted by atomic mass is 16.3. The minimum absolute atomic E-state index is 0.0805. The van der Waals surface area contributed by atoms with Crippen LogP contribution in [0.5, 0.6) is 0 Å². The van der Waals surface area contributed by atoms with Crippen LogP contribution in [0.25, 0.3) is 10.8 Å². The van der Waals surface area contributed by atoms with E-state index in [1.807, 2.05) is 53.4 Å². The van der Waals surface area contributed by atoms with Gasteiger partial charge in [-0.3, -0.25) is 14.4 Å². The van der Waals surface area contributed by atoms with Gasteiger partial charge in [0.25, 0.3) is 0 Å². The summed E-state index contributed by atoms with van der Waals surface area (Å²) in [6.45, 7) is 0.896. The Balaban J connectivity index is 1.19. The van der Waals surface area contributed by atoms with Crippen molar-refractivity contribution in [2.75, 3.05) is 23.3 Å². The van der Waals surface area contributed by atoms with Gasteiger partial charge in [-0.1, -0.05) is 42.5 Å². The van der Waals surface area contributed by atoms with Crippen molar-refractivity contribution in [1.82, 2.24) is 5.32 Å². The minimum atomic E-state index is -0.765. The number of aliphatic hydroxyl groups excluding tert-OH is 1. The fourth-order valence-electron chi connectivity index (χ4n) is 4.84. The normalized spacial score (nSPS) is 15.3. The number of carbonyl (C=O) groups excluding carboxylic acids is 3. The molecule has 0 aromatic heterocycles. The number of aryl methyl sites for hydroxylation is 1. The van der Waals surface area contributed by atoms with Crippen molar-refractivity contribution in [3.05, 3.63) is 71.3 Å². The molecule has 3 amide bonds. The van der Waals surface area contributed by atoms with Crippen molar-refractivity contribution in [3.8, 4) is 0 Å². The molecule has 0 aliphatic carbocycles.